The van der Waals surface area contributed by atoms with Gasteiger partial charge in [0.2, 0.25) is 0 Å². The summed E-state index contributed by atoms with van der Waals surface area (Å²) in [7, 11) is 0. The van der Waals surface area contributed by atoms with Crippen molar-refractivity contribution < 1.29 is 4.39 Å². The third kappa shape index (κ3) is 4.16. The molecule has 0 amide bonds. The summed E-state index contributed by atoms with van der Waals surface area (Å²) >= 11 is 11.4. The van der Waals surface area contributed by atoms with Gasteiger partial charge in [0.15, 0.2) is 5.11 Å². The first-order chi connectivity index (χ1) is 9.97. The maximum Gasteiger partial charge on any atom is 0.171 e. The Hall–Kier alpha value is -1.65. The number of rotatable bonds is 3. The van der Waals surface area contributed by atoms with E-state index in [1.54, 1.807) is 12.1 Å². The molecule has 2 nitrogen and oxygen atoms in total. The van der Waals surface area contributed by atoms with E-state index in [0.717, 1.165) is 16.8 Å². The molecule has 0 unspecified atom stereocenters. The van der Waals surface area contributed by atoms with Crippen LogP contribution in [-0.4, -0.2) is 5.11 Å². The maximum atomic E-state index is 12.9. The van der Waals surface area contributed by atoms with Crippen LogP contribution in [0.4, 0.5) is 10.1 Å². The molecule has 2 rings (SSSR count). The Morgan fingerprint density at radius 3 is 2.52 bits per heavy atom. The van der Waals surface area contributed by atoms with Gasteiger partial charge in [0.1, 0.15) is 5.82 Å². The van der Waals surface area contributed by atoms with Crippen LogP contribution >= 0.6 is 23.8 Å². The smallest absolute Gasteiger partial charge is 0.171 e. The van der Waals surface area contributed by atoms with Crippen LogP contribution in [0.3, 0.4) is 0 Å². The highest BCUT2D eigenvalue weighted by Gasteiger charge is 2.09. The number of hydrogen-bond acceptors (Lipinski definition) is 1. The Balaban J connectivity index is 2.01. The number of nitrogens with one attached hydrogen (secondary N) is 2. The molecule has 0 bridgehead atoms. The van der Waals surface area contributed by atoms with Gasteiger partial charge in [-0.05, 0) is 61.5 Å². The molecule has 2 aromatic rings. The summed E-state index contributed by atoms with van der Waals surface area (Å²) in [6.07, 6.45) is 0. The molecule has 0 fully saturated rings. The molecule has 0 aliphatic rings. The van der Waals surface area contributed by atoms with Crippen molar-refractivity contribution in [2.24, 2.45) is 0 Å². The van der Waals surface area contributed by atoms with Gasteiger partial charge in [0.05, 0.1) is 6.04 Å². The predicted octanol–water partition coefficient (Wildman–Crippen LogP) is 4.84. The van der Waals surface area contributed by atoms with Crippen LogP contribution < -0.4 is 10.6 Å². The molecular weight excluding hydrogens is 307 g/mol. The molecular formula is C16H16ClFN2S. The Labute approximate surface area is 134 Å². The van der Waals surface area contributed by atoms with Gasteiger partial charge in [-0.1, -0.05) is 29.8 Å². The van der Waals surface area contributed by atoms with Crippen molar-refractivity contribution in [3.05, 3.63) is 64.4 Å². The summed E-state index contributed by atoms with van der Waals surface area (Å²) in [5.74, 6) is -0.249. The monoisotopic (exact) mass is 322 g/mol. The summed E-state index contributed by atoms with van der Waals surface area (Å²) in [5, 5.41) is 7.48. The van der Waals surface area contributed by atoms with Crippen molar-refractivity contribution in [2.75, 3.05) is 5.32 Å². The molecule has 2 N–H and O–H groups in total. The molecule has 1 atom stereocenters. The molecule has 0 aliphatic heterocycles. The molecule has 0 aromatic heterocycles. The Kier molecular flexibility index (Phi) is 5.15. The standard InChI is InChI=1S/C16H16ClFN2S/c1-10-14(17)4-3-5-15(10)20-16(21)19-11(2)12-6-8-13(18)9-7-12/h3-9,11H,1-2H3,(H2,19,20,21)/t11-/m1/s1. The summed E-state index contributed by atoms with van der Waals surface area (Å²) in [5.41, 5.74) is 2.77. The molecule has 0 radical (unpaired) electrons. The molecule has 0 aliphatic carbocycles. The predicted molar refractivity (Wildman–Crippen MR) is 90.4 cm³/mol. The average Bonchev–Trinajstić information content (AvgIpc) is 2.44. The van der Waals surface area contributed by atoms with Gasteiger partial charge >= 0.3 is 0 Å². The summed E-state index contributed by atoms with van der Waals surface area (Å²) in [6.45, 7) is 3.89. The first kappa shape index (κ1) is 15.7. The van der Waals surface area contributed by atoms with E-state index in [1.807, 2.05) is 32.0 Å². The average molecular weight is 323 g/mol. The van der Waals surface area contributed by atoms with E-state index in [1.165, 1.54) is 12.1 Å². The van der Waals surface area contributed by atoms with Crippen molar-refractivity contribution in [1.29, 1.82) is 0 Å². The Morgan fingerprint density at radius 1 is 1.19 bits per heavy atom. The van der Waals surface area contributed by atoms with E-state index in [2.05, 4.69) is 10.6 Å². The largest absolute Gasteiger partial charge is 0.356 e. The quantitative estimate of drug-likeness (QED) is 0.791. The molecule has 5 heteroatoms. The van der Waals surface area contributed by atoms with Crippen LogP contribution in [0.5, 0.6) is 0 Å². The van der Waals surface area contributed by atoms with Gasteiger partial charge in [0.25, 0.3) is 0 Å². The second-order valence-corrected chi connectivity index (χ2v) is 5.60. The number of halogens is 2. The lowest BCUT2D eigenvalue weighted by atomic mass is 10.1. The molecule has 0 saturated carbocycles. The minimum absolute atomic E-state index is 0.0231. The normalized spacial score (nSPS) is 11.8. The fourth-order valence-electron chi connectivity index (χ4n) is 1.93. The van der Waals surface area contributed by atoms with E-state index in [0.29, 0.717) is 10.1 Å². The van der Waals surface area contributed by atoms with Crippen LogP contribution in [0.1, 0.15) is 24.1 Å². The van der Waals surface area contributed by atoms with Crippen LogP contribution in [0.2, 0.25) is 5.02 Å². The van der Waals surface area contributed by atoms with Crippen LogP contribution in [0.25, 0.3) is 0 Å². The number of hydrogen-bond donors (Lipinski definition) is 2. The van der Waals surface area contributed by atoms with Gasteiger partial charge in [-0.2, -0.15) is 0 Å². The Morgan fingerprint density at radius 2 is 1.86 bits per heavy atom. The molecule has 0 heterocycles. The van der Waals surface area contributed by atoms with Crippen molar-refractivity contribution in [2.45, 2.75) is 19.9 Å². The first-order valence-electron chi connectivity index (χ1n) is 6.55. The lowest BCUT2D eigenvalue weighted by molar-refractivity contribution is 0.624. The van der Waals surface area contributed by atoms with E-state index in [-0.39, 0.29) is 11.9 Å². The van der Waals surface area contributed by atoms with Crippen molar-refractivity contribution in [1.82, 2.24) is 5.32 Å². The number of thiocarbonyl (C=S) groups is 1. The second kappa shape index (κ2) is 6.87. The molecule has 110 valence electrons. The first-order valence-corrected chi connectivity index (χ1v) is 7.34. The number of anilines is 1. The van der Waals surface area contributed by atoms with Crippen LogP contribution in [-0.2, 0) is 0 Å². The minimum atomic E-state index is -0.249. The SMILES string of the molecule is Cc1c(Cl)cccc1NC(=S)N[C@H](C)c1ccc(F)cc1. The van der Waals surface area contributed by atoms with E-state index < -0.39 is 0 Å². The lowest BCUT2D eigenvalue weighted by Crippen LogP contribution is -2.31. The third-order valence-corrected chi connectivity index (χ3v) is 3.86. The fourth-order valence-corrected chi connectivity index (χ4v) is 2.39. The van der Waals surface area contributed by atoms with E-state index in [9.17, 15) is 4.39 Å². The van der Waals surface area contributed by atoms with E-state index in [4.69, 9.17) is 23.8 Å². The molecule has 0 saturated heterocycles. The summed E-state index contributed by atoms with van der Waals surface area (Å²) in [6, 6.07) is 11.9. The fraction of sp³-hybridized carbons (Fsp3) is 0.188. The van der Waals surface area contributed by atoms with Crippen molar-refractivity contribution in [3.8, 4) is 0 Å². The topological polar surface area (TPSA) is 24.1 Å². The molecule has 0 spiro atoms. The van der Waals surface area contributed by atoms with Gasteiger partial charge in [-0.3, -0.25) is 0 Å². The van der Waals surface area contributed by atoms with Crippen LogP contribution in [0.15, 0.2) is 42.5 Å². The van der Waals surface area contributed by atoms with Gasteiger partial charge in [0, 0.05) is 10.7 Å². The summed E-state index contributed by atoms with van der Waals surface area (Å²) < 4.78 is 12.9. The highest BCUT2D eigenvalue weighted by molar-refractivity contribution is 7.80. The molecule has 21 heavy (non-hydrogen) atoms. The zero-order chi connectivity index (χ0) is 15.4. The molecule has 2 aromatic carbocycles. The van der Waals surface area contributed by atoms with Crippen molar-refractivity contribution >= 4 is 34.6 Å². The minimum Gasteiger partial charge on any atom is -0.356 e. The van der Waals surface area contributed by atoms with Crippen molar-refractivity contribution in [3.63, 3.8) is 0 Å². The van der Waals surface area contributed by atoms with Gasteiger partial charge < -0.3 is 10.6 Å². The van der Waals surface area contributed by atoms with Crippen LogP contribution in [0, 0.1) is 12.7 Å². The zero-order valence-electron chi connectivity index (χ0n) is 11.8. The maximum absolute atomic E-state index is 12.9. The van der Waals surface area contributed by atoms with Gasteiger partial charge in [-0.25, -0.2) is 4.39 Å². The van der Waals surface area contributed by atoms with Gasteiger partial charge in [-0.15, -0.1) is 0 Å². The van der Waals surface area contributed by atoms with E-state index >= 15 is 0 Å². The summed E-state index contributed by atoms with van der Waals surface area (Å²) in [4.78, 5) is 0. The highest BCUT2D eigenvalue weighted by atomic mass is 35.5. The number of benzene rings is 2. The Bertz CT molecular complexity index is 643. The zero-order valence-corrected chi connectivity index (χ0v) is 13.4. The third-order valence-electron chi connectivity index (χ3n) is 3.23. The second-order valence-electron chi connectivity index (χ2n) is 4.78. The highest BCUT2D eigenvalue weighted by Crippen LogP contribution is 2.23. The lowest BCUT2D eigenvalue weighted by Gasteiger charge is -2.18.